The summed E-state index contributed by atoms with van der Waals surface area (Å²) in [5.74, 6) is -0.923. The minimum Gasteiger partial charge on any atom is -0.488 e. The number of para-hydroxylation sites is 1. The third kappa shape index (κ3) is 6.43. The van der Waals surface area contributed by atoms with Gasteiger partial charge in [-0.2, -0.15) is 5.10 Å². The van der Waals surface area contributed by atoms with E-state index in [1.807, 2.05) is 55.5 Å². The van der Waals surface area contributed by atoms with Crippen LogP contribution in [0, 0.1) is 6.92 Å². The lowest BCUT2D eigenvalue weighted by molar-refractivity contribution is -0.139. The second kappa shape index (κ2) is 10.4. The summed E-state index contributed by atoms with van der Waals surface area (Å²) in [4.78, 5) is 23.7. The van der Waals surface area contributed by atoms with E-state index in [9.17, 15) is 9.59 Å². The van der Waals surface area contributed by atoms with Crippen molar-refractivity contribution in [3.8, 4) is 5.75 Å². The van der Waals surface area contributed by atoms with E-state index in [1.165, 1.54) is 11.8 Å². The van der Waals surface area contributed by atoms with Crippen LogP contribution in [-0.4, -0.2) is 37.3 Å². The Bertz CT molecular complexity index is 859. The Hall–Kier alpha value is -3.19. The Kier molecular flexibility index (Phi) is 7.35. The lowest BCUT2D eigenvalue weighted by Crippen LogP contribution is -2.41. The van der Waals surface area contributed by atoms with Crippen molar-refractivity contribution >= 4 is 18.0 Å². The number of hydrogen-bond donors (Lipinski definition) is 2. The van der Waals surface area contributed by atoms with Crippen LogP contribution >= 0.6 is 0 Å². The number of benzene rings is 2. The van der Waals surface area contributed by atoms with E-state index >= 15 is 0 Å². The molecule has 29 heavy (non-hydrogen) atoms. The molecule has 0 aliphatic carbocycles. The zero-order chi connectivity index (χ0) is 20.5. The van der Waals surface area contributed by atoms with Crippen LogP contribution in [0.4, 0.5) is 0 Å². The summed E-state index contributed by atoms with van der Waals surface area (Å²) in [5.41, 5.74) is 5.18. The molecule has 2 N–H and O–H groups in total. The van der Waals surface area contributed by atoms with Crippen LogP contribution in [-0.2, 0) is 20.9 Å². The van der Waals surface area contributed by atoms with Crippen LogP contribution < -0.4 is 15.5 Å². The van der Waals surface area contributed by atoms with Gasteiger partial charge in [0.1, 0.15) is 12.4 Å². The Balaban J connectivity index is 1.49. The van der Waals surface area contributed by atoms with Crippen molar-refractivity contribution in [1.29, 1.82) is 0 Å². The predicted molar refractivity (Wildman–Crippen MR) is 110 cm³/mol. The number of nitrogens with one attached hydrogen (secondary N) is 2. The second-order valence-corrected chi connectivity index (χ2v) is 6.86. The summed E-state index contributed by atoms with van der Waals surface area (Å²) in [5, 5.41) is 6.43. The maximum atomic E-state index is 11.9. The summed E-state index contributed by atoms with van der Waals surface area (Å²) in [6.45, 7) is 3.48. The number of amides is 2. The van der Waals surface area contributed by atoms with Crippen LogP contribution in [0.15, 0.2) is 53.6 Å². The van der Waals surface area contributed by atoms with E-state index in [2.05, 4.69) is 15.8 Å². The molecular weight excluding hydrogens is 370 g/mol. The maximum Gasteiger partial charge on any atom is 0.329 e. The van der Waals surface area contributed by atoms with Gasteiger partial charge in [-0.3, -0.25) is 9.59 Å². The van der Waals surface area contributed by atoms with Crippen LogP contribution in [0.25, 0.3) is 0 Å². The van der Waals surface area contributed by atoms with Crippen molar-refractivity contribution < 1.29 is 19.1 Å². The number of hydrazone groups is 1. The molecule has 1 fully saturated rings. The molecule has 2 aromatic carbocycles. The van der Waals surface area contributed by atoms with Crippen molar-refractivity contribution in [2.24, 2.45) is 5.10 Å². The summed E-state index contributed by atoms with van der Waals surface area (Å²) in [6, 6.07) is 15.4. The number of nitrogens with zero attached hydrogens (tertiary/aromatic N) is 1. The normalized spacial score (nSPS) is 16.0. The maximum absolute atomic E-state index is 11.9. The van der Waals surface area contributed by atoms with Gasteiger partial charge in [0.2, 0.25) is 0 Å². The Labute approximate surface area is 170 Å². The molecule has 1 aliphatic rings. The second-order valence-electron chi connectivity index (χ2n) is 6.86. The molecule has 0 spiro atoms. The van der Waals surface area contributed by atoms with Gasteiger partial charge in [-0.1, -0.05) is 42.0 Å². The fourth-order valence-electron chi connectivity index (χ4n) is 2.87. The molecule has 1 saturated heterocycles. The van der Waals surface area contributed by atoms with Crippen molar-refractivity contribution in [1.82, 2.24) is 10.7 Å². The van der Waals surface area contributed by atoms with E-state index in [0.717, 1.165) is 18.4 Å². The summed E-state index contributed by atoms with van der Waals surface area (Å²) < 4.78 is 11.3. The Morgan fingerprint density at radius 3 is 2.72 bits per heavy atom. The molecule has 7 heteroatoms. The van der Waals surface area contributed by atoms with Gasteiger partial charge in [-0.05, 0) is 37.5 Å². The molecule has 0 saturated carbocycles. The molecule has 1 atom stereocenters. The van der Waals surface area contributed by atoms with Gasteiger partial charge in [0, 0.05) is 18.7 Å². The van der Waals surface area contributed by atoms with Gasteiger partial charge in [0.25, 0.3) is 0 Å². The van der Waals surface area contributed by atoms with E-state index in [0.29, 0.717) is 31.1 Å². The average Bonchev–Trinajstić information content (AvgIpc) is 3.26. The topological polar surface area (TPSA) is 89.0 Å². The number of aryl methyl sites for hydroxylation is 1. The molecule has 0 unspecified atom stereocenters. The van der Waals surface area contributed by atoms with Gasteiger partial charge >= 0.3 is 11.8 Å². The standard InChI is InChI=1S/C22H25N3O4/c1-16-8-10-17(11-9-16)15-29-20-7-3-2-5-18(20)13-24-25-22(27)21(26)23-14-19-6-4-12-28-19/h2-3,5,7-11,13,19H,4,6,12,14-15H2,1H3,(H,23,26)(H,25,27)/b24-13-/t19-/m0/s1. The van der Waals surface area contributed by atoms with Gasteiger partial charge in [0.15, 0.2) is 0 Å². The minimum absolute atomic E-state index is 0.0205. The first-order valence-electron chi connectivity index (χ1n) is 9.62. The SMILES string of the molecule is Cc1ccc(COc2ccccc2/C=N\NC(=O)C(=O)NC[C@@H]2CCCO2)cc1. The highest BCUT2D eigenvalue weighted by Gasteiger charge is 2.18. The largest absolute Gasteiger partial charge is 0.488 e. The molecule has 152 valence electrons. The summed E-state index contributed by atoms with van der Waals surface area (Å²) in [7, 11) is 0. The highest BCUT2D eigenvalue weighted by molar-refractivity contribution is 6.35. The number of carbonyl (C=O) groups excluding carboxylic acids is 2. The minimum atomic E-state index is -0.822. The van der Waals surface area contributed by atoms with E-state index < -0.39 is 11.8 Å². The average molecular weight is 395 g/mol. The van der Waals surface area contributed by atoms with Gasteiger partial charge in [-0.15, -0.1) is 0 Å². The monoisotopic (exact) mass is 395 g/mol. The fourth-order valence-corrected chi connectivity index (χ4v) is 2.87. The first kappa shape index (κ1) is 20.5. The molecule has 2 aromatic rings. The molecule has 0 aromatic heterocycles. The first-order chi connectivity index (χ1) is 14.1. The summed E-state index contributed by atoms with van der Waals surface area (Å²) in [6.07, 6.45) is 3.30. The highest BCUT2D eigenvalue weighted by atomic mass is 16.5. The lowest BCUT2D eigenvalue weighted by Gasteiger charge is -2.10. The number of carbonyl (C=O) groups is 2. The van der Waals surface area contributed by atoms with E-state index in [-0.39, 0.29) is 6.10 Å². The van der Waals surface area contributed by atoms with Gasteiger partial charge in [0.05, 0.1) is 12.3 Å². The Morgan fingerprint density at radius 1 is 1.17 bits per heavy atom. The molecule has 1 aliphatic heterocycles. The number of ether oxygens (including phenoxy) is 2. The van der Waals surface area contributed by atoms with Crippen LogP contribution in [0.5, 0.6) is 5.75 Å². The lowest BCUT2D eigenvalue weighted by atomic mass is 10.1. The predicted octanol–water partition coefficient (Wildman–Crippen LogP) is 2.32. The molecule has 7 nitrogen and oxygen atoms in total. The van der Waals surface area contributed by atoms with Crippen molar-refractivity contribution in [2.75, 3.05) is 13.2 Å². The highest BCUT2D eigenvalue weighted by Crippen LogP contribution is 2.18. The smallest absolute Gasteiger partial charge is 0.329 e. The van der Waals surface area contributed by atoms with Crippen LogP contribution in [0.3, 0.4) is 0 Å². The zero-order valence-electron chi connectivity index (χ0n) is 16.4. The first-order valence-corrected chi connectivity index (χ1v) is 9.62. The molecule has 0 bridgehead atoms. The molecular formula is C22H25N3O4. The van der Waals surface area contributed by atoms with Crippen molar-refractivity contribution in [3.05, 3.63) is 65.2 Å². The molecule has 2 amide bonds. The van der Waals surface area contributed by atoms with Crippen LogP contribution in [0.1, 0.15) is 29.5 Å². The van der Waals surface area contributed by atoms with Crippen molar-refractivity contribution in [2.45, 2.75) is 32.5 Å². The number of rotatable bonds is 7. The summed E-state index contributed by atoms with van der Waals surface area (Å²) >= 11 is 0. The zero-order valence-corrected chi connectivity index (χ0v) is 16.4. The van der Waals surface area contributed by atoms with Crippen molar-refractivity contribution in [3.63, 3.8) is 0 Å². The number of hydrogen-bond acceptors (Lipinski definition) is 5. The molecule has 3 rings (SSSR count). The van der Waals surface area contributed by atoms with Gasteiger partial charge in [-0.25, -0.2) is 5.43 Å². The molecule has 0 radical (unpaired) electrons. The molecule has 1 heterocycles. The third-order valence-electron chi connectivity index (χ3n) is 4.52. The van der Waals surface area contributed by atoms with Crippen LogP contribution in [0.2, 0.25) is 0 Å². The fraction of sp³-hybridized carbons (Fsp3) is 0.318. The Morgan fingerprint density at radius 2 is 1.97 bits per heavy atom. The van der Waals surface area contributed by atoms with E-state index in [1.54, 1.807) is 0 Å². The third-order valence-corrected chi connectivity index (χ3v) is 4.52. The van der Waals surface area contributed by atoms with Gasteiger partial charge < -0.3 is 14.8 Å². The quantitative estimate of drug-likeness (QED) is 0.428. The van der Waals surface area contributed by atoms with E-state index in [4.69, 9.17) is 9.47 Å².